The van der Waals surface area contributed by atoms with Gasteiger partial charge in [-0.15, -0.1) is 0 Å². The molecule has 0 fully saturated rings. The monoisotopic (exact) mass is 381 g/mol. The number of furan rings is 2. The summed E-state index contributed by atoms with van der Waals surface area (Å²) in [5, 5.41) is 7.97. The molecule has 0 saturated carbocycles. The molecule has 0 aliphatic heterocycles. The van der Waals surface area contributed by atoms with Gasteiger partial charge in [0, 0.05) is 12.2 Å². The molecule has 3 aromatic rings. The Labute approximate surface area is 160 Å². The maximum atomic E-state index is 12.0. The van der Waals surface area contributed by atoms with Gasteiger partial charge in [0.25, 0.3) is 11.8 Å². The number of benzene rings is 1. The number of carbonyl (C=O) groups excluding carboxylic acids is 3. The zero-order valence-electron chi connectivity index (χ0n) is 15.2. The summed E-state index contributed by atoms with van der Waals surface area (Å²) in [6, 6.07) is 11.8. The quantitative estimate of drug-likeness (QED) is 0.582. The van der Waals surface area contributed by atoms with Crippen molar-refractivity contribution in [1.82, 2.24) is 10.6 Å². The third-order valence-corrected chi connectivity index (χ3v) is 3.93. The molecule has 0 aliphatic carbocycles. The second-order valence-corrected chi connectivity index (χ2v) is 5.98. The first-order chi connectivity index (χ1) is 13.5. The van der Waals surface area contributed by atoms with Crippen LogP contribution in [0.1, 0.15) is 32.2 Å². The average Bonchev–Trinajstić information content (AvgIpc) is 3.36. The summed E-state index contributed by atoms with van der Waals surface area (Å²) in [7, 11) is 0. The van der Waals surface area contributed by atoms with Crippen molar-refractivity contribution >= 4 is 23.4 Å². The highest BCUT2D eigenvalue weighted by Crippen LogP contribution is 2.13. The second kappa shape index (κ2) is 8.72. The van der Waals surface area contributed by atoms with Crippen LogP contribution in [0, 0.1) is 6.92 Å². The Morgan fingerprint density at radius 3 is 2.50 bits per heavy atom. The fraction of sp³-hybridized carbons (Fsp3) is 0.150. The van der Waals surface area contributed by atoms with E-state index in [0.29, 0.717) is 17.0 Å². The molecule has 3 rings (SSSR count). The van der Waals surface area contributed by atoms with Crippen LogP contribution < -0.4 is 16.0 Å². The Balaban J connectivity index is 1.47. The molecular formula is C20H19N3O5. The number of anilines is 1. The molecule has 3 N–H and O–H groups in total. The van der Waals surface area contributed by atoms with Gasteiger partial charge in [0.15, 0.2) is 5.76 Å². The predicted molar refractivity (Wildman–Crippen MR) is 101 cm³/mol. The van der Waals surface area contributed by atoms with Gasteiger partial charge < -0.3 is 24.8 Å². The van der Waals surface area contributed by atoms with Crippen LogP contribution in [-0.2, 0) is 11.3 Å². The van der Waals surface area contributed by atoms with E-state index >= 15 is 0 Å². The molecular weight excluding hydrogens is 362 g/mol. The van der Waals surface area contributed by atoms with Gasteiger partial charge in [-0.25, -0.2) is 0 Å². The highest BCUT2D eigenvalue weighted by Gasteiger charge is 2.13. The minimum Gasteiger partial charge on any atom is -0.469 e. The molecule has 0 radical (unpaired) electrons. The highest BCUT2D eigenvalue weighted by molar-refractivity contribution is 6.02. The van der Waals surface area contributed by atoms with Gasteiger partial charge in [-0.2, -0.15) is 0 Å². The van der Waals surface area contributed by atoms with E-state index in [9.17, 15) is 14.4 Å². The van der Waals surface area contributed by atoms with E-state index in [1.54, 1.807) is 43.3 Å². The summed E-state index contributed by atoms with van der Waals surface area (Å²) in [6.45, 7) is 1.77. The van der Waals surface area contributed by atoms with E-state index in [1.807, 2.05) is 6.07 Å². The van der Waals surface area contributed by atoms with E-state index in [-0.39, 0.29) is 36.6 Å². The summed E-state index contributed by atoms with van der Waals surface area (Å²) < 4.78 is 10.1. The zero-order valence-corrected chi connectivity index (χ0v) is 15.2. The lowest BCUT2D eigenvalue weighted by Crippen LogP contribution is -2.36. The van der Waals surface area contributed by atoms with Gasteiger partial charge in [-0.05, 0) is 42.8 Å². The van der Waals surface area contributed by atoms with Crippen LogP contribution in [0.25, 0.3) is 0 Å². The summed E-state index contributed by atoms with van der Waals surface area (Å²) >= 11 is 0. The first-order valence-corrected chi connectivity index (χ1v) is 8.55. The van der Waals surface area contributed by atoms with Gasteiger partial charge >= 0.3 is 0 Å². The van der Waals surface area contributed by atoms with Crippen LogP contribution in [0.3, 0.4) is 0 Å². The van der Waals surface area contributed by atoms with Crippen molar-refractivity contribution in [3.8, 4) is 0 Å². The van der Waals surface area contributed by atoms with Crippen molar-refractivity contribution in [2.24, 2.45) is 0 Å². The molecule has 144 valence electrons. The second-order valence-electron chi connectivity index (χ2n) is 5.98. The Kier molecular flexibility index (Phi) is 5.91. The number of nitrogens with one attached hydrogen (secondary N) is 3. The van der Waals surface area contributed by atoms with Crippen LogP contribution in [0.2, 0.25) is 0 Å². The first-order valence-electron chi connectivity index (χ1n) is 8.55. The Bertz CT molecular complexity index is 975. The molecule has 0 aliphatic rings. The smallest absolute Gasteiger partial charge is 0.291 e. The predicted octanol–water partition coefficient (Wildman–Crippen LogP) is 2.48. The number of amides is 3. The number of hydrogen-bond donors (Lipinski definition) is 3. The van der Waals surface area contributed by atoms with Gasteiger partial charge in [0.05, 0.1) is 24.6 Å². The Hall–Kier alpha value is -3.81. The van der Waals surface area contributed by atoms with Crippen molar-refractivity contribution in [3.05, 3.63) is 77.6 Å². The molecule has 0 bridgehead atoms. The third-order valence-electron chi connectivity index (χ3n) is 3.93. The van der Waals surface area contributed by atoms with Gasteiger partial charge in [-0.1, -0.05) is 12.1 Å². The summed E-state index contributed by atoms with van der Waals surface area (Å²) in [5.41, 5.74) is 1.77. The lowest BCUT2D eigenvalue weighted by atomic mass is 10.2. The molecule has 0 spiro atoms. The molecule has 28 heavy (non-hydrogen) atoms. The fourth-order valence-corrected chi connectivity index (χ4v) is 2.50. The number of rotatable bonds is 7. The Morgan fingerprint density at radius 2 is 1.79 bits per heavy atom. The molecule has 8 nitrogen and oxygen atoms in total. The average molecular weight is 381 g/mol. The molecule has 0 atom stereocenters. The van der Waals surface area contributed by atoms with Crippen LogP contribution in [-0.4, -0.2) is 24.3 Å². The standard InChI is InChI=1S/C20H19N3O5/c1-13-16(7-9-27-13)19(25)22-12-18(24)21-11-14-4-2-5-15(10-14)23-20(26)17-6-3-8-28-17/h2-10H,11-12H2,1H3,(H,21,24)(H,22,25)(H,23,26). The highest BCUT2D eigenvalue weighted by atomic mass is 16.3. The van der Waals surface area contributed by atoms with E-state index in [2.05, 4.69) is 16.0 Å². The molecule has 0 unspecified atom stereocenters. The maximum Gasteiger partial charge on any atom is 0.291 e. The minimum absolute atomic E-state index is 0.154. The normalized spacial score (nSPS) is 10.3. The molecule has 0 saturated heterocycles. The van der Waals surface area contributed by atoms with E-state index < -0.39 is 0 Å². The first kappa shape index (κ1) is 19.0. The maximum absolute atomic E-state index is 12.0. The molecule has 3 amide bonds. The fourth-order valence-electron chi connectivity index (χ4n) is 2.50. The van der Waals surface area contributed by atoms with Crippen molar-refractivity contribution in [2.45, 2.75) is 13.5 Å². The summed E-state index contributed by atoms with van der Waals surface area (Å²) in [5.74, 6) is -0.361. The molecule has 2 aromatic heterocycles. The number of carbonyl (C=O) groups is 3. The van der Waals surface area contributed by atoms with Crippen molar-refractivity contribution in [3.63, 3.8) is 0 Å². The third kappa shape index (κ3) is 4.88. The lowest BCUT2D eigenvalue weighted by molar-refractivity contribution is -0.120. The zero-order chi connectivity index (χ0) is 19.9. The molecule has 8 heteroatoms. The lowest BCUT2D eigenvalue weighted by Gasteiger charge is -2.09. The summed E-state index contributed by atoms with van der Waals surface area (Å²) in [6.07, 6.45) is 2.84. The van der Waals surface area contributed by atoms with Crippen LogP contribution >= 0.6 is 0 Å². The van der Waals surface area contributed by atoms with Crippen LogP contribution in [0.15, 0.2) is 63.8 Å². The number of aryl methyl sites for hydroxylation is 1. The summed E-state index contributed by atoms with van der Waals surface area (Å²) in [4.78, 5) is 35.9. The molecule has 1 aromatic carbocycles. The van der Waals surface area contributed by atoms with Gasteiger partial charge in [0.2, 0.25) is 5.91 Å². The van der Waals surface area contributed by atoms with E-state index in [4.69, 9.17) is 8.83 Å². The van der Waals surface area contributed by atoms with Gasteiger partial charge in [-0.3, -0.25) is 14.4 Å². The topological polar surface area (TPSA) is 114 Å². The molecule has 2 heterocycles. The van der Waals surface area contributed by atoms with Gasteiger partial charge in [0.1, 0.15) is 5.76 Å². The van der Waals surface area contributed by atoms with Crippen molar-refractivity contribution in [1.29, 1.82) is 0 Å². The van der Waals surface area contributed by atoms with Crippen LogP contribution in [0.5, 0.6) is 0 Å². The largest absolute Gasteiger partial charge is 0.469 e. The Morgan fingerprint density at radius 1 is 0.929 bits per heavy atom. The minimum atomic E-state index is -0.371. The van der Waals surface area contributed by atoms with E-state index in [1.165, 1.54) is 12.5 Å². The van der Waals surface area contributed by atoms with Crippen LogP contribution in [0.4, 0.5) is 5.69 Å². The van der Waals surface area contributed by atoms with Crippen molar-refractivity contribution in [2.75, 3.05) is 11.9 Å². The number of hydrogen-bond acceptors (Lipinski definition) is 5. The van der Waals surface area contributed by atoms with Crippen molar-refractivity contribution < 1.29 is 23.2 Å². The van der Waals surface area contributed by atoms with E-state index in [0.717, 1.165) is 5.56 Å². The SMILES string of the molecule is Cc1occc1C(=O)NCC(=O)NCc1cccc(NC(=O)c2ccco2)c1.